The second kappa shape index (κ2) is 5.05. The number of thioether (sulfide) groups is 1. The van der Waals surface area contributed by atoms with Crippen molar-refractivity contribution in [2.45, 2.75) is 5.03 Å². The second-order valence-electron chi connectivity index (χ2n) is 3.24. The van der Waals surface area contributed by atoms with Gasteiger partial charge >= 0.3 is 0 Å². The van der Waals surface area contributed by atoms with Gasteiger partial charge in [0.1, 0.15) is 0 Å². The van der Waals surface area contributed by atoms with E-state index < -0.39 is 0 Å². The predicted octanol–water partition coefficient (Wildman–Crippen LogP) is 2.77. The summed E-state index contributed by atoms with van der Waals surface area (Å²) in [6.45, 7) is 0.618. The van der Waals surface area contributed by atoms with Crippen LogP contribution in [-0.2, 0) is 0 Å². The summed E-state index contributed by atoms with van der Waals surface area (Å²) in [6.07, 6.45) is 4.08. The highest BCUT2D eigenvalue weighted by atomic mass is 32.2. The highest BCUT2D eigenvalue weighted by Crippen LogP contribution is 2.22. The molecule has 0 bridgehead atoms. The Morgan fingerprint density at radius 3 is 2.93 bits per heavy atom. The van der Waals surface area contributed by atoms with E-state index in [1.807, 2.05) is 12.1 Å². The maximum Gasteiger partial charge on any atom is 0.0735 e. The van der Waals surface area contributed by atoms with Gasteiger partial charge in [-0.2, -0.15) is 0 Å². The van der Waals surface area contributed by atoms with Crippen LogP contribution in [0.5, 0.6) is 0 Å². The fourth-order valence-electron chi connectivity index (χ4n) is 1.43. The van der Waals surface area contributed by atoms with E-state index in [0.29, 0.717) is 6.54 Å². The molecule has 0 aliphatic rings. The molecule has 0 unspecified atom stereocenters. The van der Waals surface area contributed by atoms with Crippen LogP contribution < -0.4 is 5.73 Å². The molecule has 3 N–H and O–H groups in total. The number of hydrogen-bond acceptors (Lipinski definition) is 2. The molecule has 2 rings (SSSR count). The monoisotopic (exact) mass is 218 g/mol. The van der Waals surface area contributed by atoms with E-state index in [0.717, 1.165) is 5.75 Å². The molecular weight excluding hydrogens is 204 g/mol. The summed E-state index contributed by atoms with van der Waals surface area (Å²) >= 11 is 1.79. The Labute approximate surface area is 93.6 Å². The summed E-state index contributed by atoms with van der Waals surface area (Å²) in [7, 11) is 0. The van der Waals surface area contributed by atoms with Crippen molar-refractivity contribution < 1.29 is 0 Å². The lowest BCUT2D eigenvalue weighted by molar-refractivity contribution is 1.23. The van der Waals surface area contributed by atoms with E-state index in [2.05, 4.69) is 35.3 Å². The largest absolute Gasteiger partial charge is 0.350 e. The minimum atomic E-state index is 0.618. The number of aromatic nitrogens is 1. The fraction of sp³-hybridized carbons (Fsp3) is 0.167. The number of rotatable bonds is 4. The summed E-state index contributed by atoms with van der Waals surface area (Å²) < 4.78 is 0. The highest BCUT2D eigenvalue weighted by Gasteiger charge is 1.98. The SMILES string of the molecule is NCC=CCSc1cc2ccccc2[nH]1. The van der Waals surface area contributed by atoms with E-state index in [-0.39, 0.29) is 0 Å². The molecule has 0 amide bonds. The average Bonchev–Trinajstić information content (AvgIpc) is 2.67. The van der Waals surface area contributed by atoms with E-state index in [4.69, 9.17) is 5.73 Å². The second-order valence-corrected chi connectivity index (χ2v) is 4.30. The number of nitrogens with one attached hydrogen (secondary N) is 1. The van der Waals surface area contributed by atoms with Gasteiger partial charge in [-0.15, -0.1) is 11.8 Å². The number of benzene rings is 1. The van der Waals surface area contributed by atoms with Crippen molar-refractivity contribution in [1.29, 1.82) is 0 Å². The minimum Gasteiger partial charge on any atom is -0.350 e. The molecule has 0 saturated carbocycles. The number of aromatic amines is 1. The molecule has 0 radical (unpaired) electrons. The van der Waals surface area contributed by atoms with Crippen molar-refractivity contribution in [3.8, 4) is 0 Å². The third-order valence-electron chi connectivity index (χ3n) is 2.14. The third-order valence-corrected chi connectivity index (χ3v) is 3.03. The van der Waals surface area contributed by atoms with E-state index >= 15 is 0 Å². The van der Waals surface area contributed by atoms with Gasteiger partial charge in [0.2, 0.25) is 0 Å². The lowest BCUT2D eigenvalue weighted by Gasteiger charge is -1.91. The van der Waals surface area contributed by atoms with Crippen LogP contribution in [0.3, 0.4) is 0 Å². The van der Waals surface area contributed by atoms with Crippen molar-refractivity contribution in [2.75, 3.05) is 12.3 Å². The van der Waals surface area contributed by atoms with Gasteiger partial charge in [0.15, 0.2) is 0 Å². The molecule has 15 heavy (non-hydrogen) atoms. The third kappa shape index (κ3) is 2.64. The van der Waals surface area contributed by atoms with Gasteiger partial charge in [-0.25, -0.2) is 0 Å². The van der Waals surface area contributed by atoms with Crippen LogP contribution in [0.15, 0.2) is 47.5 Å². The summed E-state index contributed by atoms with van der Waals surface area (Å²) in [6, 6.07) is 10.5. The molecule has 2 aromatic rings. The minimum absolute atomic E-state index is 0.618. The van der Waals surface area contributed by atoms with Gasteiger partial charge in [-0.1, -0.05) is 30.4 Å². The number of nitrogens with two attached hydrogens (primary N) is 1. The zero-order valence-corrected chi connectivity index (χ0v) is 9.26. The molecule has 0 saturated heterocycles. The topological polar surface area (TPSA) is 41.8 Å². The molecular formula is C12H14N2S. The Kier molecular flexibility index (Phi) is 3.48. The number of para-hydroxylation sites is 1. The van der Waals surface area contributed by atoms with E-state index in [9.17, 15) is 0 Å². The lowest BCUT2D eigenvalue weighted by atomic mass is 10.3. The highest BCUT2D eigenvalue weighted by molar-refractivity contribution is 7.99. The molecule has 1 heterocycles. The summed E-state index contributed by atoms with van der Waals surface area (Å²) in [5, 5.41) is 2.47. The summed E-state index contributed by atoms with van der Waals surface area (Å²) in [5.74, 6) is 0.962. The fourth-order valence-corrected chi connectivity index (χ4v) is 2.23. The maximum absolute atomic E-state index is 5.37. The van der Waals surface area contributed by atoms with Crippen molar-refractivity contribution >= 4 is 22.7 Å². The Morgan fingerprint density at radius 1 is 1.27 bits per heavy atom. The smallest absolute Gasteiger partial charge is 0.0735 e. The first kappa shape index (κ1) is 10.3. The number of hydrogen-bond donors (Lipinski definition) is 2. The van der Waals surface area contributed by atoms with Crippen molar-refractivity contribution in [3.63, 3.8) is 0 Å². The maximum atomic E-state index is 5.37. The first-order chi connectivity index (χ1) is 7.40. The average molecular weight is 218 g/mol. The van der Waals surface area contributed by atoms with Crippen molar-refractivity contribution in [2.24, 2.45) is 5.73 Å². The van der Waals surface area contributed by atoms with Gasteiger partial charge in [0, 0.05) is 23.2 Å². The molecule has 0 aliphatic carbocycles. The zero-order valence-electron chi connectivity index (χ0n) is 8.44. The molecule has 0 atom stereocenters. The Balaban J connectivity index is 2.05. The molecule has 3 heteroatoms. The normalized spacial score (nSPS) is 11.5. The molecule has 1 aromatic heterocycles. The van der Waals surface area contributed by atoms with Crippen LogP contribution in [0, 0.1) is 0 Å². The Morgan fingerprint density at radius 2 is 2.13 bits per heavy atom. The Hall–Kier alpha value is -1.19. The van der Waals surface area contributed by atoms with Crippen molar-refractivity contribution in [1.82, 2.24) is 4.98 Å². The van der Waals surface area contributed by atoms with Gasteiger partial charge in [0.05, 0.1) is 5.03 Å². The van der Waals surface area contributed by atoms with E-state index in [1.54, 1.807) is 11.8 Å². The zero-order chi connectivity index (χ0) is 10.5. The number of H-pyrrole nitrogens is 1. The molecule has 1 aromatic carbocycles. The lowest BCUT2D eigenvalue weighted by Crippen LogP contribution is -1.92. The first-order valence-electron chi connectivity index (χ1n) is 4.96. The first-order valence-corrected chi connectivity index (χ1v) is 5.94. The summed E-state index contributed by atoms with van der Waals surface area (Å²) in [5.41, 5.74) is 6.56. The van der Waals surface area contributed by atoms with Crippen molar-refractivity contribution in [3.05, 3.63) is 42.5 Å². The molecule has 2 nitrogen and oxygen atoms in total. The molecule has 0 aliphatic heterocycles. The predicted molar refractivity (Wildman–Crippen MR) is 67.2 cm³/mol. The quantitative estimate of drug-likeness (QED) is 0.612. The molecule has 78 valence electrons. The molecule has 0 spiro atoms. The van der Waals surface area contributed by atoms with Gasteiger partial charge in [-0.05, 0) is 12.1 Å². The van der Waals surface area contributed by atoms with E-state index in [1.165, 1.54) is 15.9 Å². The van der Waals surface area contributed by atoms with Gasteiger partial charge in [-0.3, -0.25) is 0 Å². The van der Waals surface area contributed by atoms with Crippen LogP contribution in [0.1, 0.15) is 0 Å². The Bertz CT molecular complexity index is 426. The van der Waals surface area contributed by atoms with Gasteiger partial charge in [0.25, 0.3) is 0 Å². The van der Waals surface area contributed by atoms with Crippen LogP contribution in [-0.4, -0.2) is 17.3 Å². The van der Waals surface area contributed by atoms with Crippen LogP contribution in [0.4, 0.5) is 0 Å². The van der Waals surface area contributed by atoms with Crippen LogP contribution in [0.2, 0.25) is 0 Å². The number of fused-ring (bicyclic) bond motifs is 1. The van der Waals surface area contributed by atoms with Crippen LogP contribution in [0.25, 0.3) is 10.9 Å². The van der Waals surface area contributed by atoms with Crippen LogP contribution >= 0.6 is 11.8 Å². The molecule has 0 fully saturated rings. The standard InChI is InChI=1S/C12H14N2S/c13-7-3-4-8-15-12-9-10-5-1-2-6-11(10)14-12/h1-6,9,14H,7-8,13H2. The summed E-state index contributed by atoms with van der Waals surface area (Å²) in [4.78, 5) is 3.37. The van der Waals surface area contributed by atoms with Gasteiger partial charge < -0.3 is 10.7 Å².